The number of rotatable bonds is 3. The Kier molecular flexibility index (Phi) is 3.89. The Morgan fingerprint density at radius 2 is 1.80 bits per heavy atom. The highest BCUT2D eigenvalue weighted by Crippen LogP contribution is 2.33. The minimum absolute atomic E-state index is 0.0863. The normalized spacial score (nSPS) is 33.3. The van der Waals surface area contributed by atoms with Crippen molar-refractivity contribution in [2.75, 3.05) is 13.2 Å². The minimum atomic E-state index is -3.79. The number of alkyl halides is 1. The molecule has 0 saturated carbocycles. The lowest BCUT2D eigenvalue weighted by molar-refractivity contribution is 0.0337. The van der Waals surface area contributed by atoms with E-state index >= 15 is 0 Å². The molecule has 0 bridgehead atoms. The van der Waals surface area contributed by atoms with Crippen molar-refractivity contribution in [1.29, 1.82) is 0 Å². The van der Waals surface area contributed by atoms with Gasteiger partial charge in [0.05, 0.1) is 22.9 Å². The van der Waals surface area contributed by atoms with Gasteiger partial charge in [-0.3, -0.25) is 4.18 Å². The smallest absolute Gasteiger partial charge is 0.297 e. The van der Waals surface area contributed by atoms with E-state index in [1.54, 1.807) is 24.3 Å². The van der Waals surface area contributed by atoms with Gasteiger partial charge in [0.15, 0.2) is 0 Å². The van der Waals surface area contributed by atoms with Crippen molar-refractivity contribution in [3.05, 3.63) is 29.8 Å². The highest BCUT2D eigenvalue weighted by Gasteiger charge is 2.49. The van der Waals surface area contributed by atoms with Crippen LogP contribution in [0.3, 0.4) is 0 Å². The third kappa shape index (κ3) is 2.65. The van der Waals surface area contributed by atoms with Gasteiger partial charge in [0.1, 0.15) is 18.3 Å². The van der Waals surface area contributed by atoms with Crippen molar-refractivity contribution >= 4 is 26.0 Å². The maximum Gasteiger partial charge on any atom is 0.297 e. The van der Waals surface area contributed by atoms with Gasteiger partial charge in [-0.05, 0) is 19.1 Å². The first-order valence-corrected chi connectivity index (χ1v) is 8.67. The van der Waals surface area contributed by atoms with E-state index in [9.17, 15) is 8.42 Å². The number of hydrogen-bond acceptors (Lipinski definition) is 5. The van der Waals surface area contributed by atoms with Gasteiger partial charge in [0.2, 0.25) is 0 Å². The van der Waals surface area contributed by atoms with Gasteiger partial charge in [-0.1, -0.05) is 33.6 Å². The molecule has 3 rings (SSSR count). The second-order valence-corrected chi connectivity index (χ2v) is 7.76. The molecule has 2 heterocycles. The predicted molar refractivity (Wildman–Crippen MR) is 75.4 cm³/mol. The Morgan fingerprint density at radius 3 is 2.50 bits per heavy atom. The molecule has 2 saturated heterocycles. The van der Waals surface area contributed by atoms with Crippen LogP contribution in [0.1, 0.15) is 5.56 Å². The summed E-state index contributed by atoms with van der Waals surface area (Å²) in [5.41, 5.74) is 0.995. The summed E-state index contributed by atoms with van der Waals surface area (Å²) in [4.78, 5) is 0.239. The average Bonchev–Trinajstić information content (AvgIpc) is 2.95. The van der Waals surface area contributed by atoms with E-state index in [0.717, 1.165) is 5.56 Å². The van der Waals surface area contributed by atoms with Crippen LogP contribution in [0.15, 0.2) is 29.2 Å². The lowest BCUT2D eigenvalue weighted by Crippen LogP contribution is -2.33. The van der Waals surface area contributed by atoms with Crippen molar-refractivity contribution < 1.29 is 22.1 Å². The van der Waals surface area contributed by atoms with Gasteiger partial charge in [-0.25, -0.2) is 0 Å². The summed E-state index contributed by atoms with van der Waals surface area (Å²) in [6.07, 6.45) is -1.07. The molecule has 110 valence electrons. The fraction of sp³-hybridized carbons (Fsp3) is 0.538. The van der Waals surface area contributed by atoms with Crippen LogP contribution in [0, 0.1) is 6.92 Å². The first kappa shape index (κ1) is 14.5. The molecule has 0 aliphatic carbocycles. The van der Waals surface area contributed by atoms with Crippen molar-refractivity contribution in [3.8, 4) is 0 Å². The minimum Gasteiger partial charge on any atom is -0.371 e. The summed E-state index contributed by atoms with van der Waals surface area (Å²) in [6.45, 7) is 2.62. The molecule has 1 unspecified atom stereocenters. The first-order chi connectivity index (χ1) is 9.47. The number of benzene rings is 1. The number of ether oxygens (including phenoxy) is 2. The number of fused-ring (bicyclic) bond motifs is 1. The fourth-order valence-electron chi connectivity index (χ4n) is 2.42. The summed E-state index contributed by atoms with van der Waals surface area (Å²) < 4.78 is 40.8. The van der Waals surface area contributed by atoms with Crippen molar-refractivity contribution in [2.24, 2.45) is 0 Å². The largest absolute Gasteiger partial charge is 0.371 e. The zero-order valence-electron chi connectivity index (χ0n) is 10.9. The summed E-state index contributed by atoms with van der Waals surface area (Å²) in [7, 11) is -3.79. The summed E-state index contributed by atoms with van der Waals surface area (Å²) >= 11 is 3.45. The molecule has 1 aromatic carbocycles. The molecule has 2 aliphatic rings. The van der Waals surface area contributed by atoms with E-state index in [2.05, 4.69) is 15.9 Å². The highest BCUT2D eigenvalue weighted by atomic mass is 79.9. The molecule has 0 spiro atoms. The Morgan fingerprint density at radius 1 is 1.15 bits per heavy atom. The third-order valence-corrected chi connectivity index (χ3v) is 5.64. The van der Waals surface area contributed by atoms with Crippen LogP contribution in [-0.2, 0) is 23.8 Å². The van der Waals surface area contributed by atoms with E-state index in [4.69, 9.17) is 13.7 Å². The fourth-order valence-corrected chi connectivity index (χ4v) is 4.10. The molecule has 7 heteroatoms. The van der Waals surface area contributed by atoms with E-state index in [-0.39, 0.29) is 28.5 Å². The molecular formula is C13H15BrO5S. The van der Waals surface area contributed by atoms with Crippen molar-refractivity contribution in [1.82, 2.24) is 0 Å². The van der Waals surface area contributed by atoms with Crippen molar-refractivity contribution in [2.45, 2.75) is 35.0 Å². The van der Waals surface area contributed by atoms with Crippen LogP contribution in [0.25, 0.3) is 0 Å². The molecule has 5 nitrogen and oxygen atoms in total. The van der Waals surface area contributed by atoms with Crippen LogP contribution < -0.4 is 0 Å². The number of hydrogen-bond donors (Lipinski definition) is 0. The molecule has 0 aromatic heterocycles. The SMILES string of the molecule is Cc1ccc(S(=O)(=O)O[C@H]2CO[C@@H]3C(Br)CO[C@@H]23)cc1. The van der Waals surface area contributed by atoms with Gasteiger partial charge < -0.3 is 9.47 Å². The summed E-state index contributed by atoms with van der Waals surface area (Å²) in [5.74, 6) is 0. The maximum absolute atomic E-state index is 12.2. The lowest BCUT2D eigenvalue weighted by Gasteiger charge is -2.16. The molecule has 0 amide bonds. The summed E-state index contributed by atoms with van der Waals surface area (Å²) in [5, 5.41) is 0. The maximum atomic E-state index is 12.2. The Hall–Kier alpha value is -0.470. The van der Waals surface area contributed by atoms with Gasteiger partial charge in [-0.15, -0.1) is 0 Å². The van der Waals surface area contributed by atoms with Crippen LogP contribution in [-0.4, -0.2) is 44.8 Å². The van der Waals surface area contributed by atoms with E-state index in [1.165, 1.54) is 0 Å². The van der Waals surface area contributed by atoms with E-state index < -0.39 is 16.2 Å². The Balaban J connectivity index is 1.76. The third-order valence-electron chi connectivity index (χ3n) is 3.51. The van der Waals surface area contributed by atoms with Gasteiger partial charge in [-0.2, -0.15) is 8.42 Å². The zero-order valence-corrected chi connectivity index (χ0v) is 13.3. The van der Waals surface area contributed by atoms with Gasteiger partial charge >= 0.3 is 0 Å². The molecule has 0 radical (unpaired) electrons. The topological polar surface area (TPSA) is 61.8 Å². The zero-order chi connectivity index (χ0) is 14.3. The highest BCUT2D eigenvalue weighted by molar-refractivity contribution is 9.09. The second-order valence-electron chi connectivity index (χ2n) is 5.01. The van der Waals surface area contributed by atoms with Gasteiger partial charge in [0.25, 0.3) is 10.1 Å². The first-order valence-electron chi connectivity index (χ1n) is 6.34. The monoisotopic (exact) mass is 362 g/mol. The molecule has 2 aliphatic heterocycles. The molecular weight excluding hydrogens is 348 g/mol. The van der Waals surface area contributed by atoms with Crippen LogP contribution >= 0.6 is 15.9 Å². The predicted octanol–water partition coefficient (Wildman–Crippen LogP) is 1.63. The van der Waals surface area contributed by atoms with E-state index in [0.29, 0.717) is 6.61 Å². The Labute approximate surface area is 126 Å². The van der Waals surface area contributed by atoms with Crippen molar-refractivity contribution in [3.63, 3.8) is 0 Å². The Bertz CT molecular complexity index is 585. The molecule has 2 fully saturated rings. The number of halogens is 1. The molecule has 20 heavy (non-hydrogen) atoms. The second kappa shape index (κ2) is 5.38. The van der Waals surface area contributed by atoms with E-state index in [1.807, 2.05) is 6.92 Å². The standard InChI is InChI=1S/C13H15BrO5S/c1-8-2-4-9(5-3-8)20(15,16)19-11-7-18-12-10(14)6-17-13(11)12/h2-5,10-13H,6-7H2,1H3/t10?,11-,12+,13-/m0/s1. The van der Waals surface area contributed by atoms with Crippen LogP contribution in [0.5, 0.6) is 0 Å². The van der Waals surface area contributed by atoms with Gasteiger partial charge in [0, 0.05) is 0 Å². The van der Waals surface area contributed by atoms with Crippen LogP contribution in [0.4, 0.5) is 0 Å². The van der Waals surface area contributed by atoms with Crippen LogP contribution in [0.2, 0.25) is 0 Å². The summed E-state index contributed by atoms with van der Waals surface area (Å²) in [6, 6.07) is 6.57. The molecule has 1 aromatic rings. The molecule has 0 N–H and O–H groups in total. The quantitative estimate of drug-likeness (QED) is 0.604. The lowest BCUT2D eigenvalue weighted by atomic mass is 10.1. The molecule has 4 atom stereocenters. The number of aryl methyl sites for hydroxylation is 1. The average molecular weight is 363 g/mol.